The Labute approximate surface area is 225 Å². The monoisotopic (exact) mass is 520 g/mol. The summed E-state index contributed by atoms with van der Waals surface area (Å²) in [6.07, 6.45) is 0. The summed E-state index contributed by atoms with van der Waals surface area (Å²) < 4.78 is 5.25. The number of aromatic nitrogens is 2. The molecule has 0 saturated heterocycles. The van der Waals surface area contributed by atoms with E-state index in [-0.39, 0.29) is 24.8 Å². The second-order valence-electron chi connectivity index (χ2n) is 8.70. The molecular formula is C29H40N6O3. The molecule has 2 aromatic heterocycles. The number of esters is 1. The summed E-state index contributed by atoms with van der Waals surface area (Å²) in [7, 11) is 3.81. The zero-order valence-corrected chi connectivity index (χ0v) is 23.4. The molecule has 0 fully saturated rings. The molecule has 0 radical (unpaired) electrons. The molecular weight excluding hydrogens is 480 g/mol. The van der Waals surface area contributed by atoms with Crippen LogP contribution in [0.2, 0.25) is 0 Å². The first-order chi connectivity index (χ1) is 18.2. The maximum Gasteiger partial charge on any atom is 0.357 e. The third-order valence-corrected chi connectivity index (χ3v) is 5.43. The highest BCUT2D eigenvalue weighted by Crippen LogP contribution is 2.33. The number of hydrogen-bond donors (Lipinski definition) is 4. The quantitative estimate of drug-likeness (QED) is 0.191. The molecule has 0 aliphatic carbocycles. The van der Waals surface area contributed by atoms with Crippen LogP contribution in [0.25, 0.3) is 11.1 Å². The smallest absolute Gasteiger partial charge is 0.357 e. The minimum Gasteiger partial charge on any atom is -0.461 e. The highest BCUT2D eigenvalue weighted by molar-refractivity contribution is 6.10. The number of aliphatic hydroxyl groups is 1. The van der Waals surface area contributed by atoms with Crippen LogP contribution in [0, 0.1) is 11.3 Å². The van der Waals surface area contributed by atoms with Crippen molar-refractivity contribution in [1.29, 1.82) is 5.41 Å². The van der Waals surface area contributed by atoms with Crippen LogP contribution < -0.4 is 15.5 Å². The largest absolute Gasteiger partial charge is 0.461 e. The number of carbonyl (C=O) groups excluding carboxylic acids is 1. The molecule has 3 aromatic rings. The molecule has 0 amide bonds. The number of nitrogens with zero attached hydrogens (tertiary/aromatic N) is 3. The SMILES string of the molecule is CC.CCOC(=O)c1cc(-c2ccc(NCCO)cc2)c(C(=N)C(C)C)c(Nc2cccc(N(C)C)n2)n1. The lowest BCUT2D eigenvalue weighted by atomic mass is 9.91. The lowest BCUT2D eigenvalue weighted by Crippen LogP contribution is -2.17. The number of rotatable bonds is 11. The van der Waals surface area contributed by atoms with Crippen LogP contribution in [0.4, 0.5) is 23.1 Å². The van der Waals surface area contributed by atoms with Gasteiger partial charge >= 0.3 is 5.97 Å². The lowest BCUT2D eigenvalue weighted by molar-refractivity contribution is 0.0519. The van der Waals surface area contributed by atoms with E-state index in [4.69, 9.17) is 15.3 Å². The van der Waals surface area contributed by atoms with Gasteiger partial charge in [-0.2, -0.15) is 0 Å². The minimum atomic E-state index is -0.541. The summed E-state index contributed by atoms with van der Waals surface area (Å²) >= 11 is 0. The normalized spacial score (nSPS) is 10.3. The van der Waals surface area contributed by atoms with E-state index in [1.165, 1.54) is 0 Å². The van der Waals surface area contributed by atoms with Crippen molar-refractivity contribution in [3.8, 4) is 11.1 Å². The standard InChI is InChI=1S/C27H34N6O3.C2H6/c1-6-36-27(35)21-16-20(18-10-12-19(13-11-18)29-14-15-34)24(25(28)17(2)3)26(30-21)32-22-8-7-9-23(31-22)33(4)5;1-2/h7-13,16-17,28-29,34H,6,14-15H2,1-5H3,(H,30,31,32);1-2H3. The summed E-state index contributed by atoms with van der Waals surface area (Å²) in [6, 6.07) is 14.9. The molecule has 0 aliphatic heterocycles. The summed E-state index contributed by atoms with van der Waals surface area (Å²) in [5, 5.41) is 24.4. The summed E-state index contributed by atoms with van der Waals surface area (Å²) in [5.41, 5.74) is 3.47. The average molecular weight is 521 g/mol. The fourth-order valence-corrected chi connectivity index (χ4v) is 3.57. The van der Waals surface area contributed by atoms with Crippen molar-refractivity contribution in [2.75, 3.05) is 49.4 Å². The maximum atomic E-state index is 12.7. The van der Waals surface area contributed by atoms with Gasteiger partial charge < -0.3 is 30.8 Å². The highest BCUT2D eigenvalue weighted by atomic mass is 16.5. The van der Waals surface area contributed by atoms with Crippen LogP contribution in [0.3, 0.4) is 0 Å². The molecule has 2 heterocycles. The Morgan fingerprint density at radius 1 is 1.11 bits per heavy atom. The van der Waals surface area contributed by atoms with Gasteiger partial charge in [-0.05, 0) is 54.3 Å². The molecule has 9 nitrogen and oxygen atoms in total. The van der Waals surface area contributed by atoms with E-state index in [1.54, 1.807) is 13.0 Å². The van der Waals surface area contributed by atoms with Crippen molar-refractivity contribution in [1.82, 2.24) is 9.97 Å². The fourth-order valence-electron chi connectivity index (χ4n) is 3.57. The maximum absolute atomic E-state index is 12.7. The zero-order chi connectivity index (χ0) is 28.2. The molecule has 4 N–H and O–H groups in total. The van der Waals surface area contributed by atoms with Crippen LogP contribution in [0.1, 0.15) is 50.7 Å². The van der Waals surface area contributed by atoms with Crippen LogP contribution >= 0.6 is 0 Å². The van der Waals surface area contributed by atoms with Crippen molar-refractivity contribution < 1.29 is 14.6 Å². The third-order valence-electron chi connectivity index (χ3n) is 5.43. The molecule has 0 atom stereocenters. The van der Waals surface area contributed by atoms with Crippen molar-refractivity contribution >= 4 is 34.8 Å². The second kappa shape index (κ2) is 14.7. The third kappa shape index (κ3) is 7.76. The van der Waals surface area contributed by atoms with Crippen LogP contribution in [0.15, 0.2) is 48.5 Å². The van der Waals surface area contributed by atoms with Gasteiger partial charge in [-0.3, -0.25) is 0 Å². The number of ether oxygens (including phenoxy) is 1. The van der Waals surface area contributed by atoms with E-state index >= 15 is 0 Å². The lowest BCUT2D eigenvalue weighted by Gasteiger charge is -2.20. The number of aliphatic hydroxyl groups excluding tert-OH is 1. The van der Waals surface area contributed by atoms with E-state index in [1.807, 2.05) is 89.2 Å². The first kappa shape index (κ1) is 30.2. The van der Waals surface area contributed by atoms with Gasteiger partial charge in [-0.25, -0.2) is 14.8 Å². The predicted octanol–water partition coefficient (Wildman–Crippen LogP) is 5.58. The average Bonchev–Trinajstić information content (AvgIpc) is 2.92. The predicted molar refractivity (Wildman–Crippen MR) is 156 cm³/mol. The second-order valence-corrected chi connectivity index (χ2v) is 8.70. The molecule has 0 saturated carbocycles. The molecule has 0 bridgehead atoms. The molecule has 9 heteroatoms. The fraction of sp³-hybridized carbons (Fsp3) is 0.379. The van der Waals surface area contributed by atoms with E-state index in [0.29, 0.717) is 35.0 Å². The Kier molecular flexibility index (Phi) is 11.7. The van der Waals surface area contributed by atoms with Crippen molar-refractivity contribution in [3.05, 3.63) is 59.8 Å². The van der Waals surface area contributed by atoms with Gasteiger partial charge in [-0.15, -0.1) is 0 Å². The van der Waals surface area contributed by atoms with Gasteiger partial charge in [0.05, 0.1) is 13.2 Å². The van der Waals surface area contributed by atoms with Crippen LogP contribution in [0.5, 0.6) is 0 Å². The van der Waals surface area contributed by atoms with Crippen molar-refractivity contribution in [2.24, 2.45) is 5.92 Å². The van der Waals surface area contributed by atoms with Gasteiger partial charge in [0.25, 0.3) is 0 Å². The number of hydrogen-bond acceptors (Lipinski definition) is 9. The Bertz CT molecular complexity index is 1210. The summed E-state index contributed by atoms with van der Waals surface area (Å²) in [5.74, 6) is 1.03. The number of anilines is 4. The topological polar surface area (TPSA) is 123 Å². The van der Waals surface area contributed by atoms with Gasteiger partial charge in [0.1, 0.15) is 17.5 Å². The molecule has 0 spiro atoms. The first-order valence-corrected chi connectivity index (χ1v) is 12.9. The molecule has 204 valence electrons. The van der Waals surface area contributed by atoms with Crippen molar-refractivity contribution in [2.45, 2.75) is 34.6 Å². The number of benzene rings is 1. The van der Waals surface area contributed by atoms with Crippen LogP contribution in [-0.4, -0.2) is 60.6 Å². The summed E-state index contributed by atoms with van der Waals surface area (Å²) in [6.45, 7) is 10.3. The van der Waals surface area contributed by atoms with E-state index in [9.17, 15) is 4.79 Å². The molecule has 38 heavy (non-hydrogen) atoms. The molecule has 0 aliphatic rings. The van der Waals surface area contributed by atoms with Gasteiger partial charge in [0.2, 0.25) is 0 Å². The number of carbonyl (C=O) groups is 1. The van der Waals surface area contributed by atoms with Gasteiger partial charge in [-0.1, -0.05) is 45.9 Å². The van der Waals surface area contributed by atoms with Crippen LogP contribution in [-0.2, 0) is 4.74 Å². The van der Waals surface area contributed by atoms with Crippen molar-refractivity contribution in [3.63, 3.8) is 0 Å². The summed E-state index contributed by atoms with van der Waals surface area (Å²) in [4.78, 5) is 23.8. The van der Waals surface area contributed by atoms with Gasteiger partial charge in [0, 0.05) is 37.6 Å². The minimum absolute atomic E-state index is 0.0305. The first-order valence-electron chi connectivity index (χ1n) is 12.9. The number of nitrogens with one attached hydrogen (secondary N) is 3. The Morgan fingerprint density at radius 3 is 2.37 bits per heavy atom. The van der Waals surface area contributed by atoms with E-state index < -0.39 is 5.97 Å². The molecule has 0 unspecified atom stereocenters. The van der Waals surface area contributed by atoms with E-state index in [2.05, 4.69) is 20.6 Å². The molecule has 1 aromatic carbocycles. The van der Waals surface area contributed by atoms with Gasteiger partial charge in [0.15, 0.2) is 5.69 Å². The Morgan fingerprint density at radius 2 is 1.79 bits per heavy atom. The zero-order valence-electron chi connectivity index (χ0n) is 23.4. The molecule has 3 rings (SSSR count). The number of pyridine rings is 2. The highest BCUT2D eigenvalue weighted by Gasteiger charge is 2.23. The Balaban J connectivity index is 0.00000247. The Hall–Kier alpha value is -3.98. The van der Waals surface area contributed by atoms with E-state index in [0.717, 1.165) is 17.1 Å².